The summed E-state index contributed by atoms with van der Waals surface area (Å²) in [5.41, 5.74) is 10.5. The number of nitrogens with two attached hydrogens (primary N) is 1. The highest BCUT2D eigenvalue weighted by Crippen LogP contribution is 2.18. The summed E-state index contributed by atoms with van der Waals surface area (Å²) in [7, 11) is 0. The molecule has 0 radical (unpaired) electrons. The molecule has 3 N–H and O–H groups in total. The van der Waals surface area contributed by atoms with E-state index in [9.17, 15) is 0 Å². The van der Waals surface area contributed by atoms with Gasteiger partial charge in [0.15, 0.2) is 0 Å². The number of rotatable bonds is 6. The zero-order chi connectivity index (χ0) is 14.4. The average Bonchev–Trinajstić information content (AvgIpc) is 2.49. The van der Waals surface area contributed by atoms with E-state index < -0.39 is 0 Å². The zero-order valence-corrected chi connectivity index (χ0v) is 12.4. The van der Waals surface area contributed by atoms with Crippen LogP contribution in [0.2, 0.25) is 0 Å². The minimum absolute atomic E-state index is 0.645. The van der Waals surface area contributed by atoms with Crippen molar-refractivity contribution in [2.24, 2.45) is 0 Å². The topological polar surface area (TPSA) is 38.0 Å². The third-order valence-corrected chi connectivity index (χ3v) is 3.80. The molecular formula is C18H24N2. The molecule has 0 saturated carbocycles. The first-order chi connectivity index (χ1) is 9.69. The largest absolute Gasteiger partial charge is 0.399 e. The first kappa shape index (κ1) is 14.6. The van der Waals surface area contributed by atoms with Crippen LogP contribution in [0.3, 0.4) is 0 Å². The Labute approximate surface area is 122 Å². The maximum Gasteiger partial charge on any atom is 0.0314 e. The van der Waals surface area contributed by atoms with Crippen LogP contribution in [0.1, 0.15) is 42.9 Å². The van der Waals surface area contributed by atoms with E-state index in [-0.39, 0.29) is 0 Å². The second-order valence-corrected chi connectivity index (χ2v) is 5.40. The average molecular weight is 268 g/mol. The summed E-state index contributed by atoms with van der Waals surface area (Å²) in [5, 5.41) is 3.46. The molecule has 0 heterocycles. The van der Waals surface area contributed by atoms with Gasteiger partial charge in [-0.25, -0.2) is 0 Å². The number of anilines is 1. The van der Waals surface area contributed by atoms with E-state index >= 15 is 0 Å². The molecule has 2 nitrogen and oxygen atoms in total. The molecule has 0 aliphatic carbocycles. The molecule has 0 aromatic heterocycles. The number of nitrogen functional groups attached to an aromatic ring is 1. The minimum atomic E-state index is 0.645. The molecule has 2 aromatic rings. The molecule has 0 fully saturated rings. The Morgan fingerprint density at radius 1 is 0.900 bits per heavy atom. The third-order valence-electron chi connectivity index (χ3n) is 3.80. The lowest BCUT2D eigenvalue weighted by molar-refractivity contribution is 0.691. The van der Waals surface area contributed by atoms with Crippen LogP contribution in [0.25, 0.3) is 0 Å². The maximum absolute atomic E-state index is 5.68. The molecular weight excluding hydrogens is 244 g/mol. The second kappa shape index (κ2) is 7.11. The molecule has 0 bridgehead atoms. The summed E-state index contributed by atoms with van der Waals surface area (Å²) in [6.45, 7) is 6.26. The van der Waals surface area contributed by atoms with Crippen molar-refractivity contribution in [3.05, 3.63) is 65.2 Å². The maximum atomic E-state index is 5.68. The van der Waals surface area contributed by atoms with E-state index in [0.717, 1.165) is 18.8 Å². The highest BCUT2D eigenvalue weighted by molar-refractivity contribution is 5.39. The monoisotopic (exact) mass is 268 g/mol. The molecule has 2 rings (SSSR count). The SMILES string of the molecule is CCC(C)c1ccc(CNCc2ccc(N)cc2)cc1. The van der Waals surface area contributed by atoms with Gasteiger partial charge in [-0.05, 0) is 41.2 Å². The van der Waals surface area contributed by atoms with Crippen molar-refractivity contribution >= 4 is 5.69 Å². The van der Waals surface area contributed by atoms with Gasteiger partial charge in [0.05, 0.1) is 0 Å². The van der Waals surface area contributed by atoms with Crippen LogP contribution in [-0.4, -0.2) is 0 Å². The molecule has 0 spiro atoms. The molecule has 1 unspecified atom stereocenters. The fraction of sp³-hybridized carbons (Fsp3) is 0.333. The van der Waals surface area contributed by atoms with E-state index in [1.807, 2.05) is 12.1 Å². The lowest BCUT2D eigenvalue weighted by Gasteiger charge is -2.10. The highest BCUT2D eigenvalue weighted by Gasteiger charge is 2.02. The molecule has 20 heavy (non-hydrogen) atoms. The lowest BCUT2D eigenvalue weighted by Crippen LogP contribution is -2.12. The fourth-order valence-electron chi connectivity index (χ4n) is 2.19. The van der Waals surface area contributed by atoms with Gasteiger partial charge in [0, 0.05) is 18.8 Å². The van der Waals surface area contributed by atoms with Crippen LogP contribution in [0, 0.1) is 0 Å². The van der Waals surface area contributed by atoms with E-state index in [2.05, 4.69) is 55.6 Å². The highest BCUT2D eigenvalue weighted by atomic mass is 14.8. The van der Waals surface area contributed by atoms with Gasteiger partial charge in [-0.3, -0.25) is 0 Å². The first-order valence-corrected chi connectivity index (χ1v) is 7.33. The van der Waals surface area contributed by atoms with Crippen molar-refractivity contribution in [3.63, 3.8) is 0 Å². The van der Waals surface area contributed by atoms with Crippen LogP contribution >= 0.6 is 0 Å². The van der Waals surface area contributed by atoms with E-state index in [1.54, 1.807) is 0 Å². The summed E-state index contributed by atoms with van der Waals surface area (Å²) in [4.78, 5) is 0. The van der Waals surface area contributed by atoms with Crippen LogP contribution in [0.15, 0.2) is 48.5 Å². The summed E-state index contributed by atoms with van der Waals surface area (Å²) >= 11 is 0. The van der Waals surface area contributed by atoms with Gasteiger partial charge in [-0.1, -0.05) is 50.2 Å². The van der Waals surface area contributed by atoms with Crippen LogP contribution in [-0.2, 0) is 13.1 Å². The van der Waals surface area contributed by atoms with Crippen molar-refractivity contribution in [2.75, 3.05) is 5.73 Å². The van der Waals surface area contributed by atoms with Gasteiger partial charge in [0.1, 0.15) is 0 Å². The van der Waals surface area contributed by atoms with Crippen LogP contribution in [0.5, 0.6) is 0 Å². The Balaban J connectivity index is 1.83. The lowest BCUT2D eigenvalue weighted by atomic mass is 9.98. The molecule has 0 aliphatic rings. The summed E-state index contributed by atoms with van der Waals surface area (Å²) in [6.07, 6.45) is 1.19. The fourth-order valence-corrected chi connectivity index (χ4v) is 2.19. The van der Waals surface area contributed by atoms with Gasteiger partial charge < -0.3 is 11.1 Å². The second-order valence-electron chi connectivity index (χ2n) is 5.40. The first-order valence-electron chi connectivity index (χ1n) is 7.33. The quantitative estimate of drug-likeness (QED) is 0.775. The van der Waals surface area contributed by atoms with E-state index in [0.29, 0.717) is 5.92 Å². The van der Waals surface area contributed by atoms with Gasteiger partial charge in [0.25, 0.3) is 0 Å². The predicted molar refractivity (Wildman–Crippen MR) is 86.5 cm³/mol. The third kappa shape index (κ3) is 4.10. The van der Waals surface area contributed by atoms with Gasteiger partial charge >= 0.3 is 0 Å². The molecule has 0 aliphatic heterocycles. The summed E-state index contributed by atoms with van der Waals surface area (Å²) in [6, 6.07) is 16.9. The van der Waals surface area contributed by atoms with Crippen molar-refractivity contribution in [2.45, 2.75) is 39.3 Å². The smallest absolute Gasteiger partial charge is 0.0314 e. The molecule has 2 heteroatoms. The van der Waals surface area contributed by atoms with Gasteiger partial charge in [0.2, 0.25) is 0 Å². The van der Waals surface area contributed by atoms with Crippen molar-refractivity contribution < 1.29 is 0 Å². The van der Waals surface area contributed by atoms with Crippen molar-refractivity contribution in [1.29, 1.82) is 0 Å². The minimum Gasteiger partial charge on any atom is -0.399 e. The Kier molecular flexibility index (Phi) is 5.19. The Hall–Kier alpha value is -1.80. The Morgan fingerprint density at radius 3 is 1.90 bits per heavy atom. The van der Waals surface area contributed by atoms with Gasteiger partial charge in [-0.2, -0.15) is 0 Å². The standard InChI is InChI=1S/C18H24N2/c1-3-14(2)17-8-4-15(5-9-17)12-20-13-16-6-10-18(19)11-7-16/h4-11,14,20H,3,12-13,19H2,1-2H3. The number of hydrogen-bond donors (Lipinski definition) is 2. The molecule has 0 amide bonds. The number of benzene rings is 2. The van der Waals surface area contributed by atoms with Crippen LogP contribution in [0.4, 0.5) is 5.69 Å². The van der Waals surface area contributed by atoms with Gasteiger partial charge in [-0.15, -0.1) is 0 Å². The molecule has 0 saturated heterocycles. The van der Waals surface area contributed by atoms with Crippen molar-refractivity contribution in [3.8, 4) is 0 Å². The van der Waals surface area contributed by atoms with E-state index in [4.69, 9.17) is 5.73 Å². The molecule has 2 aromatic carbocycles. The Bertz CT molecular complexity index is 514. The van der Waals surface area contributed by atoms with E-state index in [1.165, 1.54) is 23.1 Å². The van der Waals surface area contributed by atoms with Crippen molar-refractivity contribution in [1.82, 2.24) is 5.32 Å². The predicted octanol–water partition coefficient (Wildman–Crippen LogP) is 4.07. The van der Waals surface area contributed by atoms with Crippen LogP contribution < -0.4 is 11.1 Å². The molecule has 106 valence electrons. The summed E-state index contributed by atoms with van der Waals surface area (Å²) in [5.74, 6) is 0.645. The number of nitrogens with one attached hydrogen (secondary N) is 1. The summed E-state index contributed by atoms with van der Waals surface area (Å²) < 4.78 is 0. The normalized spacial score (nSPS) is 12.3. The molecule has 1 atom stereocenters. The number of hydrogen-bond acceptors (Lipinski definition) is 2. The Morgan fingerprint density at radius 2 is 1.40 bits per heavy atom. The zero-order valence-electron chi connectivity index (χ0n) is 12.4.